The SMILES string of the molecule is O=C(N[C@@H]1COCC[C@@H]1OCC1CCC1)c1cc(Cl)c[nH]1. The number of aromatic nitrogens is 1. The molecule has 21 heavy (non-hydrogen) atoms. The Balaban J connectivity index is 1.54. The molecule has 0 aromatic carbocycles. The molecule has 6 heteroatoms. The zero-order valence-electron chi connectivity index (χ0n) is 11.9. The third-order valence-electron chi connectivity index (χ3n) is 4.27. The van der Waals surface area contributed by atoms with Gasteiger partial charge in [-0.3, -0.25) is 4.79 Å². The number of rotatable bonds is 5. The van der Waals surface area contributed by atoms with E-state index in [1.54, 1.807) is 12.3 Å². The second-order valence-electron chi connectivity index (χ2n) is 5.84. The van der Waals surface area contributed by atoms with Crippen LogP contribution in [0.15, 0.2) is 12.3 Å². The van der Waals surface area contributed by atoms with E-state index in [1.165, 1.54) is 19.3 Å². The maximum absolute atomic E-state index is 12.2. The summed E-state index contributed by atoms with van der Waals surface area (Å²) in [5, 5.41) is 3.51. The summed E-state index contributed by atoms with van der Waals surface area (Å²) < 4.78 is 11.5. The maximum Gasteiger partial charge on any atom is 0.268 e. The van der Waals surface area contributed by atoms with Crippen LogP contribution in [0.2, 0.25) is 5.02 Å². The molecule has 2 atom stereocenters. The van der Waals surface area contributed by atoms with Crippen LogP contribution in [-0.4, -0.2) is 42.9 Å². The lowest BCUT2D eigenvalue weighted by atomic mass is 9.86. The largest absolute Gasteiger partial charge is 0.379 e. The van der Waals surface area contributed by atoms with Gasteiger partial charge in [0.05, 0.1) is 23.8 Å². The van der Waals surface area contributed by atoms with Crippen LogP contribution in [-0.2, 0) is 9.47 Å². The van der Waals surface area contributed by atoms with E-state index in [4.69, 9.17) is 21.1 Å². The van der Waals surface area contributed by atoms with Gasteiger partial charge < -0.3 is 19.8 Å². The minimum absolute atomic E-state index is 0.0359. The number of nitrogens with one attached hydrogen (secondary N) is 2. The first kappa shape index (κ1) is 14.9. The van der Waals surface area contributed by atoms with Gasteiger partial charge in [-0.1, -0.05) is 18.0 Å². The zero-order chi connectivity index (χ0) is 14.7. The second kappa shape index (κ2) is 6.81. The summed E-state index contributed by atoms with van der Waals surface area (Å²) in [5.41, 5.74) is 0.461. The molecule has 2 fully saturated rings. The van der Waals surface area contributed by atoms with Crippen molar-refractivity contribution in [3.63, 3.8) is 0 Å². The third-order valence-corrected chi connectivity index (χ3v) is 4.49. The summed E-state index contributed by atoms with van der Waals surface area (Å²) in [6.07, 6.45) is 6.30. The summed E-state index contributed by atoms with van der Waals surface area (Å²) >= 11 is 5.82. The van der Waals surface area contributed by atoms with Crippen molar-refractivity contribution in [1.29, 1.82) is 0 Å². The number of aromatic amines is 1. The molecular formula is C15H21ClN2O3. The van der Waals surface area contributed by atoms with Crippen molar-refractivity contribution in [2.24, 2.45) is 5.92 Å². The van der Waals surface area contributed by atoms with E-state index in [0.717, 1.165) is 13.0 Å². The van der Waals surface area contributed by atoms with Crippen LogP contribution in [0.5, 0.6) is 0 Å². The molecule has 1 aliphatic carbocycles. The summed E-state index contributed by atoms with van der Waals surface area (Å²) in [6.45, 7) is 1.98. The lowest BCUT2D eigenvalue weighted by Crippen LogP contribution is -2.51. The molecule has 2 aliphatic rings. The van der Waals surface area contributed by atoms with Gasteiger partial charge in [-0.2, -0.15) is 0 Å². The molecule has 1 saturated carbocycles. The van der Waals surface area contributed by atoms with E-state index in [-0.39, 0.29) is 18.1 Å². The van der Waals surface area contributed by atoms with Crippen LogP contribution in [0.3, 0.4) is 0 Å². The van der Waals surface area contributed by atoms with Crippen LogP contribution in [0.4, 0.5) is 0 Å². The average Bonchev–Trinajstić information content (AvgIpc) is 2.85. The van der Waals surface area contributed by atoms with Crippen molar-refractivity contribution in [2.45, 2.75) is 37.8 Å². The molecule has 1 saturated heterocycles. The van der Waals surface area contributed by atoms with Crippen molar-refractivity contribution in [3.05, 3.63) is 23.0 Å². The lowest BCUT2D eigenvalue weighted by molar-refractivity contribution is -0.0697. The average molecular weight is 313 g/mol. The molecule has 1 aromatic rings. The van der Waals surface area contributed by atoms with E-state index in [0.29, 0.717) is 29.8 Å². The molecule has 0 bridgehead atoms. The highest BCUT2D eigenvalue weighted by molar-refractivity contribution is 6.30. The van der Waals surface area contributed by atoms with Gasteiger partial charge >= 0.3 is 0 Å². The maximum atomic E-state index is 12.2. The predicted octanol–water partition coefficient (Wildman–Crippen LogP) is 2.37. The number of carbonyl (C=O) groups excluding carboxylic acids is 1. The van der Waals surface area contributed by atoms with E-state index < -0.39 is 0 Å². The highest BCUT2D eigenvalue weighted by Gasteiger charge is 2.30. The third kappa shape index (κ3) is 3.78. The van der Waals surface area contributed by atoms with Crippen molar-refractivity contribution in [3.8, 4) is 0 Å². The lowest BCUT2D eigenvalue weighted by Gasteiger charge is -2.34. The fourth-order valence-electron chi connectivity index (χ4n) is 2.72. The molecule has 116 valence electrons. The molecule has 0 spiro atoms. The van der Waals surface area contributed by atoms with Gasteiger partial charge in [0, 0.05) is 19.4 Å². The van der Waals surface area contributed by atoms with Crippen molar-refractivity contribution in [1.82, 2.24) is 10.3 Å². The number of carbonyl (C=O) groups is 1. The molecule has 0 radical (unpaired) electrons. The summed E-state index contributed by atoms with van der Waals surface area (Å²) in [6, 6.07) is 1.51. The monoisotopic (exact) mass is 312 g/mol. The molecule has 1 amide bonds. The van der Waals surface area contributed by atoms with Crippen LogP contribution in [0, 0.1) is 5.92 Å². The Kier molecular flexibility index (Phi) is 4.83. The number of ether oxygens (including phenoxy) is 2. The number of hydrogen-bond acceptors (Lipinski definition) is 3. The highest BCUT2D eigenvalue weighted by atomic mass is 35.5. The second-order valence-corrected chi connectivity index (χ2v) is 6.28. The Labute approximate surface area is 129 Å². The molecule has 3 rings (SSSR count). The van der Waals surface area contributed by atoms with Crippen LogP contribution in [0.25, 0.3) is 0 Å². The molecule has 0 unspecified atom stereocenters. The molecule has 2 heterocycles. The van der Waals surface area contributed by atoms with E-state index in [1.807, 2.05) is 0 Å². The van der Waals surface area contributed by atoms with Gasteiger partial charge in [-0.25, -0.2) is 0 Å². The standard InChI is InChI=1S/C15H21ClN2O3/c16-11-6-12(17-7-11)15(19)18-13-9-20-5-4-14(13)21-8-10-2-1-3-10/h6-7,10,13-14,17H,1-5,8-9H2,(H,18,19)/t13-,14+/m1/s1. The smallest absolute Gasteiger partial charge is 0.268 e. The Hall–Kier alpha value is -1.04. The van der Waals surface area contributed by atoms with E-state index in [9.17, 15) is 4.79 Å². The van der Waals surface area contributed by atoms with E-state index in [2.05, 4.69) is 10.3 Å². The fraction of sp³-hybridized carbons (Fsp3) is 0.667. The van der Waals surface area contributed by atoms with Crippen molar-refractivity contribution >= 4 is 17.5 Å². The summed E-state index contributed by atoms with van der Waals surface area (Å²) in [4.78, 5) is 15.0. The molecule has 2 N–H and O–H groups in total. The van der Waals surface area contributed by atoms with Gasteiger partial charge in [-0.15, -0.1) is 0 Å². The minimum Gasteiger partial charge on any atom is -0.379 e. The first-order chi connectivity index (χ1) is 10.2. The first-order valence-electron chi connectivity index (χ1n) is 7.56. The molecular weight excluding hydrogens is 292 g/mol. The van der Waals surface area contributed by atoms with Gasteiger partial charge in [0.25, 0.3) is 5.91 Å². The Bertz CT molecular complexity index is 487. The van der Waals surface area contributed by atoms with Gasteiger partial charge in [0.1, 0.15) is 5.69 Å². The Morgan fingerprint density at radius 3 is 3.00 bits per heavy atom. The summed E-state index contributed by atoms with van der Waals surface area (Å²) in [5.74, 6) is 0.529. The number of halogens is 1. The topological polar surface area (TPSA) is 63.4 Å². The first-order valence-corrected chi connectivity index (χ1v) is 7.94. The molecule has 5 nitrogen and oxygen atoms in total. The van der Waals surface area contributed by atoms with Gasteiger partial charge in [0.2, 0.25) is 0 Å². The number of amides is 1. The minimum atomic E-state index is -0.172. The number of H-pyrrole nitrogens is 1. The van der Waals surface area contributed by atoms with Crippen LogP contribution >= 0.6 is 11.6 Å². The Morgan fingerprint density at radius 2 is 2.33 bits per heavy atom. The normalized spacial score (nSPS) is 26.3. The van der Waals surface area contributed by atoms with Crippen LogP contribution < -0.4 is 5.32 Å². The molecule has 1 aromatic heterocycles. The number of hydrogen-bond donors (Lipinski definition) is 2. The zero-order valence-corrected chi connectivity index (χ0v) is 12.7. The van der Waals surface area contributed by atoms with Crippen molar-refractivity contribution in [2.75, 3.05) is 19.8 Å². The highest BCUT2D eigenvalue weighted by Crippen LogP contribution is 2.27. The predicted molar refractivity (Wildman–Crippen MR) is 79.6 cm³/mol. The Morgan fingerprint density at radius 1 is 1.48 bits per heavy atom. The van der Waals surface area contributed by atoms with Gasteiger partial charge in [-0.05, 0) is 31.2 Å². The van der Waals surface area contributed by atoms with E-state index >= 15 is 0 Å². The van der Waals surface area contributed by atoms with Gasteiger partial charge in [0.15, 0.2) is 0 Å². The fourth-order valence-corrected chi connectivity index (χ4v) is 2.88. The van der Waals surface area contributed by atoms with Crippen molar-refractivity contribution < 1.29 is 14.3 Å². The summed E-state index contributed by atoms with van der Waals surface area (Å²) in [7, 11) is 0. The molecule has 1 aliphatic heterocycles. The van der Waals surface area contributed by atoms with Crippen LogP contribution in [0.1, 0.15) is 36.2 Å². The quantitative estimate of drug-likeness (QED) is 0.877.